The molecule has 1 aromatic carbocycles. The molecular weight excluding hydrogens is 378 g/mol. The molecule has 0 aliphatic heterocycles. The Bertz CT molecular complexity index is 969. The Labute approximate surface area is 166 Å². The summed E-state index contributed by atoms with van der Waals surface area (Å²) in [6.07, 6.45) is 6.29. The Morgan fingerprint density at radius 1 is 1.22 bits per heavy atom. The first-order valence-electron chi connectivity index (χ1n) is 9.02. The average Bonchev–Trinajstić information content (AvgIpc) is 3.08. The summed E-state index contributed by atoms with van der Waals surface area (Å²) >= 11 is 3.28. The largest absolute Gasteiger partial charge is 0.497 e. The Kier molecular flexibility index (Phi) is 5.31. The number of nitrogens with zero attached hydrogens (tertiary/aromatic N) is 2. The lowest BCUT2D eigenvalue weighted by molar-refractivity contribution is -0.115. The number of anilines is 1. The summed E-state index contributed by atoms with van der Waals surface area (Å²) in [6, 6.07) is 7.34. The summed E-state index contributed by atoms with van der Waals surface area (Å²) in [5.41, 5.74) is 2.15. The normalized spacial score (nSPS) is 14.6. The number of thioether (sulfide) groups is 1. The minimum absolute atomic E-state index is 0.0407. The molecule has 3 aromatic rings. The smallest absolute Gasteiger partial charge is 0.237 e. The van der Waals surface area contributed by atoms with Gasteiger partial charge in [0.15, 0.2) is 0 Å². The third kappa shape index (κ3) is 3.80. The highest BCUT2D eigenvalue weighted by molar-refractivity contribution is 8.00. The quantitative estimate of drug-likeness (QED) is 0.498. The minimum atomic E-state index is -0.260. The van der Waals surface area contributed by atoms with E-state index in [2.05, 4.69) is 15.3 Å². The maximum absolute atomic E-state index is 12.6. The molecule has 1 N–H and O–H groups in total. The number of carbonyl (C=O) groups is 1. The molecule has 1 aliphatic carbocycles. The van der Waals surface area contributed by atoms with Gasteiger partial charge in [-0.25, -0.2) is 9.97 Å². The van der Waals surface area contributed by atoms with E-state index in [1.54, 1.807) is 24.8 Å². The molecule has 0 saturated heterocycles. The molecule has 1 amide bonds. The van der Waals surface area contributed by atoms with Crippen molar-refractivity contribution < 1.29 is 9.53 Å². The van der Waals surface area contributed by atoms with Gasteiger partial charge in [-0.15, -0.1) is 11.3 Å². The molecule has 0 fully saturated rings. The number of rotatable bonds is 5. The van der Waals surface area contributed by atoms with E-state index < -0.39 is 0 Å². The molecule has 0 radical (unpaired) electrons. The van der Waals surface area contributed by atoms with Gasteiger partial charge in [0, 0.05) is 16.0 Å². The second-order valence-electron chi connectivity index (χ2n) is 6.55. The molecule has 7 heteroatoms. The van der Waals surface area contributed by atoms with Crippen LogP contribution in [0.5, 0.6) is 5.75 Å². The monoisotopic (exact) mass is 399 g/mol. The lowest BCUT2D eigenvalue weighted by Gasteiger charge is -2.14. The maximum Gasteiger partial charge on any atom is 0.237 e. The number of aryl methyl sites for hydroxylation is 2. The van der Waals surface area contributed by atoms with Gasteiger partial charge < -0.3 is 10.1 Å². The molecule has 140 valence electrons. The van der Waals surface area contributed by atoms with Crippen LogP contribution < -0.4 is 10.1 Å². The van der Waals surface area contributed by atoms with E-state index in [1.165, 1.54) is 35.0 Å². The van der Waals surface area contributed by atoms with E-state index in [0.717, 1.165) is 39.5 Å². The SMILES string of the molecule is COc1ccc(NC(=O)[C@@H](C)Sc2ncnc3sc4c(c23)CCCC4)cc1. The molecule has 27 heavy (non-hydrogen) atoms. The van der Waals surface area contributed by atoms with Crippen LogP contribution in [0.3, 0.4) is 0 Å². The van der Waals surface area contributed by atoms with Crippen molar-refractivity contribution in [1.82, 2.24) is 9.97 Å². The first kappa shape index (κ1) is 18.3. The third-order valence-corrected chi connectivity index (χ3v) is 7.03. The Hall–Kier alpha value is -2.12. The predicted octanol–water partition coefficient (Wildman–Crippen LogP) is 4.70. The first-order valence-corrected chi connectivity index (χ1v) is 10.7. The number of aromatic nitrogens is 2. The molecule has 0 unspecified atom stereocenters. The molecule has 0 saturated carbocycles. The fourth-order valence-electron chi connectivity index (χ4n) is 3.29. The Morgan fingerprint density at radius 2 is 2.00 bits per heavy atom. The number of carbonyl (C=O) groups excluding carboxylic acids is 1. The summed E-state index contributed by atoms with van der Waals surface area (Å²) in [5.74, 6) is 0.724. The highest BCUT2D eigenvalue weighted by Crippen LogP contribution is 2.40. The van der Waals surface area contributed by atoms with Gasteiger partial charge in [-0.05, 0) is 62.4 Å². The predicted molar refractivity (Wildman–Crippen MR) is 111 cm³/mol. The second-order valence-corrected chi connectivity index (χ2v) is 8.96. The van der Waals surface area contributed by atoms with Gasteiger partial charge in [-0.2, -0.15) is 0 Å². The molecule has 2 heterocycles. The van der Waals surface area contributed by atoms with Crippen molar-refractivity contribution in [2.24, 2.45) is 0 Å². The van der Waals surface area contributed by atoms with Crippen LogP contribution in [-0.2, 0) is 17.6 Å². The van der Waals surface area contributed by atoms with E-state index in [0.29, 0.717) is 0 Å². The van der Waals surface area contributed by atoms with Crippen LogP contribution in [0.15, 0.2) is 35.6 Å². The number of fused-ring (bicyclic) bond motifs is 3. The number of thiophene rings is 1. The summed E-state index contributed by atoms with van der Waals surface area (Å²) < 4.78 is 5.15. The number of amides is 1. The molecule has 4 rings (SSSR count). The number of hydrogen-bond donors (Lipinski definition) is 1. The first-order chi connectivity index (χ1) is 13.2. The van der Waals surface area contributed by atoms with E-state index in [4.69, 9.17) is 4.74 Å². The molecule has 5 nitrogen and oxygen atoms in total. The summed E-state index contributed by atoms with van der Waals surface area (Å²) in [6.45, 7) is 1.91. The van der Waals surface area contributed by atoms with Crippen molar-refractivity contribution in [3.05, 3.63) is 41.0 Å². The van der Waals surface area contributed by atoms with E-state index in [-0.39, 0.29) is 11.2 Å². The van der Waals surface area contributed by atoms with E-state index in [9.17, 15) is 4.79 Å². The van der Waals surface area contributed by atoms with Crippen molar-refractivity contribution in [1.29, 1.82) is 0 Å². The zero-order chi connectivity index (χ0) is 18.8. The third-order valence-electron chi connectivity index (χ3n) is 4.73. The lowest BCUT2D eigenvalue weighted by atomic mass is 9.97. The van der Waals surface area contributed by atoms with Crippen LogP contribution in [0.2, 0.25) is 0 Å². The van der Waals surface area contributed by atoms with Gasteiger partial charge >= 0.3 is 0 Å². The van der Waals surface area contributed by atoms with Crippen LogP contribution in [-0.4, -0.2) is 28.2 Å². The summed E-state index contributed by atoms with van der Waals surface area (Å²) in [7, 11) is 1.62. The van der Waals surface area contributed by atoms with Gasteiger partial charge in [-0.3, -0.25) is 4.79 Å². The van der Waals surface area contributed by atoms with Crippen LogP contribution in [0.25, 0.3) is 10.2 Å². The number of methoxy groups -OCH3 is 1. The van der Waals surface area contributed by atoms with Crippen molar-refractivity contribution in [3.63, 3.8) is 0 Å². The second kappa shape index (κ2) is 7.86. The highest BCUT2D eigenvalue weighted by atomic mass is 32.2. The number of hydrogen-bond acceptors (Lipinski definition) is 6. The maximum atomic E-state index is 12.6. The summed E-state index contributed by atoms with van der Waals surface area (Å²) in [5, 5.41) is 4.77. The van der Waals surface area contributed by atoms with Crippen molar-refractivity contribution in [2.75, 3.05) is 12.4 Å². The van der Waals surface area contributed by atoms with E-state index >= 15 is 0 Å². The van der Waals surface area contributed by atoms with Gasteiger partial charge in [-0.1, -0.05) is 11.8 Å². The fraction of sp³-hybridized carbons (Fsp3) is 0.350. The molecule has 0 spiro atoms. The highest BCUT2D eigenvalue weighted by Gasteiger charge is 2.23. The molecule has 2 aromatic heterocycles. The zero-order valence-electron chi connectivity index (χ0n) is 15.3. The topological polar surface area (TPSA) is 64.1 Å². The van der Waals surface area contributed by atoms with Crippen LogP contribution in [0, 0.1) is 0 Å². The molecule has 1 aliphatic rings. The van der Waals surface area contributed by atoms with Gasteiger partial charge in [0.2, 0.25) is 5.91 Å². The van der Waals surface area contributed by atoms with Crippen molar-refractivity contribution >= 4 is 44.9 Å². The van der Waals surface area contributed by atoms with Gasteiger partial charge in [0.25, 0.3) is 0 Å². The molecular formula is C20H21N3O2S2. The Morgan fingerprint density at radius 3 is 2.78 bits per heavy atom. The molecule has 1 atom stereocenters. The van der Waals surface area contributed by atoms with Crippen LogP contribution in [0.1, 0.15) is 30.2 Å². The fourth-order valence-corrected chi connectivity index (χ4v) is 5.53. The lowest BCUT2D eigenvalue weighted by Crippen LogP contribution is -2.22. The number of ether oxygens (including phenoxy) is 1. The Balaban J connectivity index is 1.52. The van der Waals surface area contributed by atoms with Crippen molar-refractivity contribution in [2.45, 2.75) is 42.9 Å². The molecule has 0 bridgehead atoms. The van der Waals surface area contributed by atoms with Gasteiger partial charge in [0.05, 0.1) is 12.4 Å². The number of nitrogens with one attached hydrogen (secondary N) is 1. The number of benzene rings is 1. The van der Waals surface area contributed by atoms with Crippen LogP contribution in [0.4, 0.5) is 5.69 Å². The van der Waals surface area contributed by atoms with Gasteiger partial charge in [0.1, 0.15) is 21.9 Å². The van der Waals surface area contributed by atoms with Crippen LogP contribution >= 0.6 is 23.1 Å². The minimum Gasteiger partial charge on any atom is -0.497 e. The zero-order valence-corrected chi connectivity index (χ0v) is 17.0. The van der Waals surface area contributed by atoms with E-state index in [1.807, 2.05) is 31.2 Å². The standard InChI is InChI=1S/C20H21N3O2S2/c1-12(18(24)23-13-7-9-14(25-2)10-8-13)26-19-17-15-5-3-4-6-16(15)27-20(17)22-11-21-19/h7-12H,3-6H2,1-2H3,(H,23,24)/t12-/m1/s1. The summed E-state index contributed by atoms with van der Waals surface area (Å²) in [4.78, 5) is 24.1. The van der Waals surface area contributed by atoms with Crippen molar-refractivity contribution in [3.8, 4) is 5.75 Å². The average molecular weight is 400 g/mol.